The molecule has 1 aromatic rings. The predicted molar refractivity (Wildman–Crippen MR) is 62.7 cm³/mol. The summed E-state index contributed by atoms with van der Waals surface area (Å²) < 4.78 is 0. The van der Waals surface area contributed by atoms with E-state index in [-0.39, 0.29) is 12.5 Å². The van der Waals surface area contributed by atoms with Crippen LogP contribution in [0.2, 0.25) is 0 Å². The van der Waals surface area contributed by atoms with Crippen molar-refractivity contribution in [2.75, 3.05) is 6.54 Å². The van der Waals surface area contributed by atoms with Crippen molar-refractivity contribution in [2.24, 2.45) is 5.73 Å². The number of nitrogens with one attached hydrogen (secondary N) is 1. The first kappa shape index (κ1) is 12.7. The second-order valence-corrected chi connectivity index (χ2v) is 3.69. The van der Waals surface area contributed by atoms with Crippen molar-refractivity contribution >= 4 is 5.91 Å². The quantitative estimate of drug-likeness (QED) is 0.682. The van der Waals surface area contributed by atoms with E-state index in [2.05, 4.69) is 5.32 Å². The zero-order valence-electron chi connectivity index (χ0n) is 9.39. The molecule has 1 aromatic carbocycles. The average molecular weight is 222 g/mol. The molecule has 0 aliphatic heterocycles. The summed E-state index contributed by atoms with van der Waals surface area (Å²) >= 11 is 0. The van der Waals surface area contributed by atoms with E-state index in [9.17, 15) is 9.90 Å². The molecule has 0 spiro atoms. The molecule has 0 heterocycles. The number of amides is 1. The number of carbonyl (C=O) groups excluding carboxylic acids is 1. The van der Waals surface area contributed by atoms with Crippen molar-refractivity contribution in [1.29, 1.82) is 0 Å². The molecule has 0 aliphatic rings. The van der Waals surface area contributed by atoms with Gasteiger partial charge in [-0.25, -0.2) is 0 Å². The van der Waals surface area contributed by atoms with Crippen LogP contribution >= 0.6 is 0 Å². The fraction of sp³-hybridized carbons (Fsp3) is 0.417. The van der Waals surface area contributed by atoms with Crippen LogP contribution in [0, 0.1) is 0 Å². The molecular weight excluding hydrogens is 204 g/mol. The highest BCUT2D eigenvalue weighted by atomic mass is 16.3. The number of aliphatic hydroxyl groups excluding tert-OH is 1. The molecule has 88 valence electrons. The van der Waals surface area contributed by atoms with E-state index in [0.717, 1.165) is 5.56 Å². The fourth-order valence-electron chi connectivity index (χ4n) is 1.31. The van der Waals surface area contributed by atoms with Gasteiger partial charge in [-0.3, -0.25) is 4.79 Å². The first-order valence-electron chi connectivity index (χ1n) is 5.41. The van der Waals surface area contributed by atoms with Gasteiger partial charge < -0.3 is 16.2 Å². The van der Waals surface area contributed by atoms with Crippen LogP contribution in [-0.4, -0.2) is 23.6 Å². The van der Waals surface area contributed by atoms with Gasteiger partial charge >= 0.3 is 0 Å². The second kappa shape index (κ2) is 6.25. The van der Waals surface area contributed by atoms with Crippen molar-refractivity contribution in [1.82, 2.24) is 5.32 Å². The molecule has 0 bridgehead atoms. The van der Waals surface area contributed by atoms with Crippen LogP contribution in [0.5, 0.6) is 0 Å². The Morgan fingerprint density at radius 3 is 2.62 bits per heavy atom. The maximum atomic E-state index is 11.4. The zero-order chi connectivity index (χ0) is 12.0. The summed E-state index contributed by atoms with van der Waals surface area (Å²) in [6.07, 6.45) is -0.0954. The van der Waals surface area contributed by atoms with Gasteiger partial charge in [0.25, 0.3) is 0 Å². The number of hydrogen-bond donors (Lipinski definition) is 3. The normalized spacial score (nSPS) is 14.2. The van der Waals surface area contributed by atoms with Gasteiger partial charge in [0, 0.05) is 6.54 Å². The molecule has 1 rings (SSSR count). The minimum Gasteiger partial charge on any atom is -0.387 e. The minimum absolute atomic E-state index is 0.191. The molecule has 4 nitrogen and oxygen atoms in total. The van der Waals surface area contributed by atoms with Gasteiger partial charge in [-0.2, -0.15) is 0 Å². The van der Waals surface area contributed by atoms with Crippen molar-refractivity contribution in [3.8, 4) is 0 Å². The lowest BCUT2D eigenvalue weighted by Crippen LogP contribution is -2.41. The first-order chi connectivity index (χ1) is 7.65. The topological polar surface area (TPSA) is 75.4 Å². The van der Waals surface area contributed by atoms with Crippen LogP contribution in [0.15, 0.2) is 30.3 Å². The van der Waals surface area contributed by atoms with E-state index in [4.69, 9.17) is 5.73 Å². The molecule has 2 atom stereocenters. The Balaban J connectivity index is 2.42. The van der Waals surface area contributed by atoms with Gasteiger partial charge in [-0.15, -0.1) is 0 Å². The number of hydrogen-bond acceptors (Lipinski definition) is 3. The lowest BCUT2D eigenvalue weighted by Gasteiger charge is -2.14. The molecule has 0 aliphatic carbocycles. The zero-order valence-corrected chi connectivity index (χ0v) is 9.39. The van der Waals surface area contributed by atoms with Gasteiger partial charge in [0.15, 0.2) is 0 Å². The van der Waals surface area contributed by atoms with Crippen LogP contribution < -0.4 is 11.1 Å². The molecule has 4 heteroatoms. The van der Waals surface area contributed by atoms with Gasteiger partial charge in [0.05, 0.1) is 12.1 Å². The number of nitrogens with two attached hydrogens (primary N) is 1. The Hall–Kier alpha value is -1.39. The van der Waals surface area contributed by atoms with E-state index in [1.807, 2.05) is 37.3 Å². The van der Waals surface area contributed by atoms with Crippen LogP contribution in [0.25, 0.3) is 0 Å². The lowest BCUT2D eigenvalue weighted by atomic mass is 10.1. The van der Waals surface area contributed by atoms with E-state index in [1.165, 1.54) is 0 Å². The predicted octanol–water partition coefficient (Wildman–Crippen LogP) is 0.573. The smallest absolute Gasteiger partial charge is 0.237 e. The Morgan fingerprint density at radius 2 is 2.06 bits per heavy atom. The van der Waals surface area contributed by atoms with E-state index in [0.29, 0.717) is 6.42 Å². The number of carbonyl (C=O) groups is 1. The Morgan fingerprint density at radius 1 is 1.44 bits per heavy atom. The second-order valence-electron chi connectivity index (χ2n) is 3.69. The van der Waals surface area contributed by atoms with Gasteiger partial charge in [0.2, 0.25) is 5.91 Å². The van der Waals surface area contributed by atoms with Gasteiger partial charge in [0.1, 0.15) is 0 Å². The maximum absolute atomic E-state index is 11.4. The molecule has 16 heavy (non-hydrogen) atoms. The Labute approximate surface area is 95.5 Å². The Bertz CT molecular complexity index is 327. The summed E-state index contributed by atoms with van der Waals surface area (Å²) in [6.45, 7) is 2.04. The maximum Gasteiger partial charge on any atom is 0.237 e. The van der Waals surface area contributed by atoms with Gasteiger partial charge in [-0.05, 0) is 12.0 Å². The SMILES string of the molecule is CC[C@H](N)C(=O)NCC(O)c1ccccc1. The lowest BCUT2D eigenvalue weighted by molar-refractivity contribution is -0.122. The van der Waals surface area contributed by atoms with Crippen molar-refractivity contribution in [2.45, 2.75) is 25.5 Å². The molecule has 0 saturated heterocycles. The average Bonchev–Trinajstić information content (AvgIpc) is 2.35. The van der Waals surface area contributed by atoms with Crippen molar-refractivity contribution in [3.63, 3.8) is 0 Å². The van der Waals surface area contributed by atoms with E-state index in [1.54, 1.807) is 0 Å². The number of rotatable bonds is 5. The summed E-state index contributed by atoms with van der Waals surface area (Å²) in [4.78, 5) is 11.4. The highest BCUT2D eigenvalue weighted by Crippen LogP contribution is 2.10. The molecular formula is C12H18N2O2. The van der Waals surface area contributed by atoms with Crippen LogP contribution in [-0.2, 0) is 4.79 Å². The third-order valence-corrected chi connectivity index (χ3v) is 2.43. The Kier molecular flexibility index (Phi) is 4.95. The first-order valence-corrected chi connectivity index (χ1v) is 5.41. The standard InChI is InChI=1S/C12H18N2O2/c1-2-10(13)12(16)14-8-11(15)9-6-4-3-5-7-9/h3-7,10-11,15H,2,8,13H2,1H3,(H,14,16)/t10-,11?/m0/s1. The summed E-state index contributed by atoms with van der Waals surface area (Å²) in [6, 6.07) is 8.70. The summed E-state index contributed by atoms with van der Waals surface area (Å²) in [5.74, 6) is -0.225. The molecule has 0 saturated carbocycles. The van der Waals surface area contributed by atoms with Crippen molar-refractivity contribution < 1.29 is 9.90 Å². The molecule has 0 fully saturated rings. The van der Waals surface area contributed by atoms with E-state index < -0.39 is 12.1 Å². The molecule has 1 unspecified atom stereocenters. The minimum atomic E-state index is -0.686. The molecule has 1 amide bonds. The number of aliphatic hydroxyl groups is 1. The van der Waals surface area contributed by atoms with Gasteiger partial charge in [-0.1, -0.05) is 37.3 Å². The van der Waals surface area contributed by atoms with E-state index >= 15 is 0 Å². The largest absolute Gasteiger partial charge is 0.387 e. The van der Waals surface area contributed by atoms with Crippen LogP contribution in [0.1, 0.15) is 25.0 Å². The summed E-state index contributed by atoms with van der Waals surface area (Å²) in [5, 5.41) is 12.4. The summed E-state index contributed by atoms with van der Waals surface area (Å²) in [7, 11) is 0. The highest BCUT2D eigenvalue weighted by Gasteiger charge is 2.13. The number of benzene rings is 1. The highest BCUT2D eigenvalue weighted by molar-refractivity contribution is 5.81. The van der Waals surface area contributed by atoms with Crippen molar-refractivity contribution in [3.05, 3.63) is 35.9 Å². The monoisotopic (exact) mass is 222 g/mol. The third kappa shape index (κ3) is 3.64. The van der Waals surface area contributed by atoms with Crippen LogP contribution in [0.3, 0.4) is 0 Å². The summed E-state index contributed by atoms with van der Waals surface area (Å²) in [5.41, 5.74) is 6.33. The molecule has 0 aromatic heterocycles. The third-order valence-electron chi connectivity index (χ3n) is 2.43. The molecule has 0 radical (unpaired) electrons. The fourth-order valence-corrected chi connectivity index (χ4v) is 1.31. The molecule has 4 N–H and O–H groups in total. The van der Waals surface area contributed by atoms with Crippen LogP contribution in [0.4, 0.5) is 0 Å².